The monoisotopic (exact) mass is 419 g/mol. The van der Waals surface area contributed by atoms with Crippen molar-refractivity contribution in [2.24, 2.45) is 10.1 Å². The molecule has 154 valence electrons. The van der Waals surface area contributed by atoms with E-state index in [0.717, 1.165) is 46.9 Å². The number of nitrogens with one attached hydrogen (secondary N) is 1. The summed E-state index contributed by atoms with van der Waals surface area (Å²) in [5.74, 6) is -0.296. The fraction of sp³-hybridized carbons (Fsp3) is 0.304. The third kappa shape index (κ3) is 3.65. The predicted molar refractivity (Wildman–Crippen MR) is 125 cm³/mol. The van der Waals surface area contributed by atoms with Crippen molar-refractivity contribution in [3.63, 3.8) is 0 Å². The molecular weight excluding hydrogens is 394 g/mol. The van der Waals surface area contributed by atoms with Gasteiger partial charge >= 0.3 is 0 Å². The van der Waals surface area contributed by atoms with Crippen molar-refractivity contribution in [2.45, 2.75) is 47.0 Å². The molecule has 0 bridgehead atoms. The Morgan fingerprint density at radius 2 is 2.00 bits per heavy atom. The molecular formula is C23H25N5OS. The molecule has 30 heavy (non-hydrogen) atoms. The lowest BCUT2D eigenvalue weighted by Crippen LogP contribution is -2.35. The van der Waals surface area contributed by atoms with E-state index in [1.165, 1.54) is 22.3 Å². The quantitative estimate of drug-likeness (QED) is 0.676. The van der Waals surface area contributed by atoms with E-state index in [0.29, 0.717) is 5.17 Å². The van der Waals surface area contributed by atoms with Crippen LogP contribution in [0.1, 0.15) is 48.7 Å². The van der Waals surface area contributed by atoms with Crippen LogP contribution < -0.4 is 0 Å². The summed E-state index contributed by atoms with van der Waals surface area (Å²) in [5, 5.41) is 16.0. The number of fused-ring (bicyclic) bond motifs is 1. The number of carbonyl (C=O) groups is 1. The number of carbonyl (C=O) groups excluding carboxylic acids is 1. The van der Waals surface area contributed by atoms with Gasteiger partial charge in [-0.2, -0.15) is 15.1 Å². The van der Waals surface area contributed by atoms with E-state index >= 15 is 0 Å². The first kappa shape index (κ1) is 20.3. The number of hydrogen-bond acceptors (Lipinski definition) is 4. The number of amidine groups is 2. The first-order chi connectivity index (χ1) is 14.4. The molecule has 1 N–H and O–H groups in total. The second kappa shape index (κ2) is 8.07. The lowest BCUT2D eigenvalue weighted by Gasteiger charge is -2.20. The molecule has 0 aliphatic carbocycles. The highest BCUT2D eigenvalue weighted by molar-refractivity contribution is 8.26. The number of aryl methyl sites for hydroxylation is 2. The lowest BCUT2D eigenvalue weighted by atomic mass is 10.1. The molecule has 2 aliphatic rings. The molecule has 0 radical (unpaired) electrons. The Kier molecular flexibility index (Phi) is 5.47. The molecule has 0 saturated heterocycles. The summed E-state index contributed by atoms with van der Waals surface area (Å²) in [6.07, 6.45) is 4.71. The van der Waals surface area contributed by atoms with Crippen molar-refractivity contribution in [1.29, 1.82) is 5.41 Å². The molecule has 0 atom stereocenters. The van der Waals surface area contributed by atoms with Gasteiger partial charge in [0.15, 0.2) is 5.84 Å². The van der Waals surface area contributed by atoms with Gasteiger partial charge in [0, 0.05) is 17.1 Å². The standard InChI is InChI=1S/C23H25N5OS/c1-5-6-10-20-26-28-21(24)19(22(29)25-23(28)30-20)13-17-12-15(3)27(16(17)4)18-9-7-8-14(2)11-18/h7-9,11-13,24H,5-6,10H2,1-4H3/b19-13+,24-21?. The Balaban J connectivity index is 1.69. The Bertz CT molecular complexity index is 1140. The number of aliphatic imine (C=N–C) groups is 1. The van der Waals surface area contributed by atoms with Crippen molar-refractivity contribution in [2.75, 3.05) is 0 Å². The van der Waals surface area contributed by atoms with E-state index in [9.17, 15) is 4.79 Å². The van der Waals surface area contributed by atoms with Gasteiger partial charge in [-0.1, -0.05) is 25.5 Å². The minimum Gasteiger partial charge on any atom is -0.318 e. The second-order valence-electron chi connectivity index (χ2n) is 7.62. The highest BCUT2D eigenvalue weighted by Crippen LogP contribution is 2.31. The Labute approximate surface area is 180 Å². The fourth-order valence-electron chi connectivity index (χ4n) is 3.71. The molecule has 4 rings (SSSR count). The molecule has 6 nitrogen and oxygen atoms in total. The summed E-state index contributed by atoms with van der Waals surface area (Å²) < 4.78 is 2.16. The van der Waals surface area contributed by atoms with Crippen molar-refractivity contribution in [1.82, 2.24) is 9.58 Å². The van der Waals surface area contributed by atoms with Gasteiger partial charge in [0.05, 0.1) is 5.57 Å². The number of aromatic nitrogens is 1. The normalized spacial score (nSPS) is 17.5. The summed E-state index contributed by atoms with van der Waals surface area (Å²) in [4.78, 5) is 16.9. The average Bonchev–Trinajstić information content (AvgIpc) is 3.23. The number of benzene rings is 1. The number of hydrogen-bond donors (Lipinski definition) is 1. The minimum atomic E-state index is -0.383. The van der Waals surface area contributed by atoms with Crippen LogP contribution in [-0.4, -0.2) is 31.5 Å². The van der Waals surface area contributed by atoms with Gasteiger partial charge in [-0.05, 0) is 80.8 Å². The molecule has 2 aliphatic heterocycles. The molecule has 0 saturated carbocycles. The molecule has 1 aromatic heterocycles. The zero-order chi connectivity index (χ0) is 21.4. The first-order valence-corrected chi connectivity index (χ1v) is 11.0. The van der Waals surface area contributed by atoms with Gasteiger partial charge in [-0.25, -0.2) is 0 Å². The van der Waals surface area contributed by atoms with E-state index in [4.69, 9.17) is 5.41 Å². The maximum Gasteiger partial charge on any atom is 0.283 e. The molecule has 2 aromatic rings. The summed E-state index contributed by atoms with van der Waals surface area (Å²) in [5.41, 5.74) is 5.53. The van der Waals surface area contributed by atoms with Crippen LogP contribution in [0.15, 0.2) is 46.0 Å². The highest BCUT2D eigenvalue weighted by atomic mass is 32.2. The third-order valence-corrected chi connectivity index (χ3v) is 6.24. The van der Waals surface area contributed by atoms with E-state index in [1.54, 1.807) is 6.08 Å². The topological polar surface area (TPSA) is 73.8 Å². The van der Waals surface area contributed by atoms with E-state index < -0.39 is 0 Å². The molecule has 1 aromatic carbocycles. The number of unbranched alkanes of at least 4 members (excludes halogenated alkanes) is 1. The summed E-state index contributed by atoms with van der Waals surface area (Å²) in [6.45, 7) is 8.27. The van der Waals surface area contributed by atoms with Crippen molar-refractivity contribution in [3.05, 3.63) is 58.4 Å². The van der Waals surface area contributed by atoms with Crippen LogP contribution in [0.5, 0.6) is 0 Å². The van der Waals surface area contributed by atoms with Gasteiger partial charge in [0.2, 0.25) is 5.17 Å². The van der Waals surface area contributed by atoms with Crippen LogP contribution in [0.3, 0.4) is 0 Å². The van der Waals surface area contributed by atoms with Crippen molar-refractivity contribution < 1.29 is 4.79 Å². The first-order valence-electron chi connectivity index (χ1n) is 10.1. The Morgan fingerprint density at radius 1 is 1.20 bits per heavy atom. The SMILES string of the molecule is CCCCC1=NN2C(=N)/C(=C\c3cc(C)n(-c4cccc(C)c4)c3C)C(=O)N=C2S1. The minimum absolute atomic E-state index is 0.0874. The van der Waals surface area contributed by atoms with Gasteiger partial charge in [0.1, 0.15) is 5.04 Å². The van der Waals surface area contributed by atoms with Crippen molar-refractivity contribution >= 4 is 39.8 Å². The Hall–Kier alpha value is -2.93. The number of thioether (sulfide) groups is 1. The molecule has 7 heteroatoms. The molecule has 0 spiro atoms. The maximum absolute atomic E-state index is 12.7. The number of amides is 1. The van der Waals surface area contributed by atoms with Gasteiger partial charge < -0.3 is 4.57 Å². The number of rotatable bonds is 5. The smallest absolute Gasteiger partial charge is 0.283 e. The Morgan fingerprint density at radius 3 is 2.73 bits per heavy atom. The third-order valence-electron chi connectivity index (χ3n) is 5.27. The molecule has 0 fully saturated rings. The van der Waals surface area contributed by atoms with Gasteiger partial charge in [-0.3, -0.25) is 10.2 Å². The molecule has 1 amide bonds. The van der Waals surface area contributed by atoms with Crippen molar-refractivity contribution in [3.8, 4) is 5.69 Å². The van der Waals surface area contributed by atoms with Crippen LogP contribution in [0.4, 0.5) is 0 Å². The molecule has 3 heterocycles. The van der Waals surface area contributed by atoms with Gasteiger partial charge in [-0.15, -0.1) is 0 Å². The second-order valence-corrected chi connectivity index (χ2v) is 8.66. The van der Waals surface area contributed by atoms with E-state index in [-0.39, 0.29) is 17.3 Å². The summed E-state index contributed by atoms with van der Waals surface area (Å²) in [6, 6.07) is 10.4. The van der Waals surface area contributed by atoms with Crippen LogP contribution in [0.25, 0.3) is 11.8 Å². The zero-order valence-corrected chi connectivity index (χ0v) is 18.5. The largest absolute Gasteiger partial charge is 0.318 e. The fourth-order valence-corrected chi connectivity index (χ4v) is 4.64. The lowest BCUT2D eigenvalue weighted by molar-refractivity contribution is -0.114. The van der Waals surface area contributed by atoms with Crippen LogP contribution in [0.2, 0.25) is 0 Å². The zero-order valence-electron chi connectivity index (χ0n) is 17.7. The van der Waals surface area contributed by atoms with Crippen LogP contribution >= 0.6 is 11.8 Å². The highest BCUT2D eigenvalue weighted by Gasteiger charge is 2.35. The van der Waals surface area contributed by atoms with E-state index in [2.05, 4.69) is 46.7 Å². The summed E-state index contributed by atoms with van der Waals surface area (Å²) in [7, 11) is 0. The van der Waals surface area contributed by atoms with Gasteiger partial charge in [0.25, 0.3) is 5.91 Å². The van der Waals surface area contributed by atoms with E-state index in [1.807, 2.05) is 26.0 Å². The predicted octanol–water partition coefficient (Wildman–Crippen LogP) is 5.21. The number of nitrogens with zero attached hydrogens (tertiary/aromatic N) is 4. The molecule has 0 unspecified atom stereocenters. The summed E-state index contributed by atoms with van der Waals surface area (Å²) >= 11 is 1.39. The maximum atomic E-state index is 12.7. The average molecular weight is 420 g/mol. The van der Waals surface area contributed by atoms with Crippen LogP contribution in [0, 0.1) is 26.2 Å². The van der Waals surface area contributed by atoms with Crippen LogP contribution in [-0.2, 0) is 4.79 Å². The number of hydrazone groups is 1.